The van der Waals surface area contributed by atoms with Gasteiger partial charge in [-0.3, -0.25) is 0 Å². The van der Waals surface area contributed by atoms with E-state index in [2.05, 4.69) is 20.6 Å². The van der Waals surface area contributed by atoms with Crippen LogP contribution in [-0.4, -0.2) is 39.3 Å². The molecule has 0 spiro atoms. The number of aromatic nitrogens is 3. The molecule has 9 heteroatoms. The Kier molecular flexibility index (Phi) is 4.82. The minimum Gasteiger partial charge on any atom is -0.365 e. The molecule has 27 heavy (non-hydrogen) atoms. The fourth-order valence-electron chi connectivity index (χ4n) is 3.14. The number of nitrogens with one attached hydrogen (secondary N) is 1. The molecule has 4 rings (SSSR count). The largest absolute Gasteiger partial charge is 0.365 e. The van der Waals surface area contributed by atoms with Gasteiger partial charge >= 0.3 is 6.03 Å². The van der Waals surface area contributed by atoms with E-state index in [4.69, 9.17) is 9.05 Å². The molecule has 1 fully saturated rings. The monoisotopic (exact) mass is 371 g/mol. The Balaban J connectivity index is 1.29. The van der Waals surface area contributed by atoms with Crippen LogP contribution in [0.25, 0.3) is 11.5 Å². The number of likely N-dealkylation sites (tertiary alicyclic amines) is 1. The third-order valence-electron chi connectivity index (χ3n) is 4.60. The Hall–Kier alpha value is -3.23. The zero-order valence-electron chi connectivity index (χ0n) is 14.5. The molecule has 140 valence electrons. The topological polar surface area (TPSA) is 97.3 Å². The maximum absolute atomic E-state index is 13.3. The summed E-state index contributed by atoms with van der Waals surface area (Å²) in [5.41, 5.74) is 1.43. The summed E-state index contributed by atoms with van der Waals surface area (Å²) in [6.45, 7) is 1.43. The highest BCUT2D eigenvalue weighted by Gasteiger charge is 2.25. The summed E-state index contributed by atoms with van der Waals surface area (Å²) in [6.07, 6.45) is 3.25. The maximum atomic E-state index is 13.3. The van der Waals surface area contributed by atoms with E-state index in [1.54, 1.807) is 23.3 Å². The second kappa shape index (κ2) is 7.56. The predicted octanol–water partition coefficient (Wildman–Crippen LogP) is 2.95. The van der Waals surface area contributed by atoms with Crippen molar-refractivity contribution < 1.29 is 18.2 Å². The summed E-state index contributed by atoms with van der Waals surface area (Å²) < 4.78 is 23.3. The Morgan fingerprint density at radius 1 is 1.26 bits per heavy atom. The van der Waals surface area contributed by atoms with Crippen LogP contribution in [0.2, 0.25) is 0 Å². The molecular weight excluding hydrogens is 353 g/mol. The highest BCUT2D eigenvalue weighted by atomic mass is 19.1. The van der Waals surface area contributed by atoms with E-state index in [1.807, 2.05) is 6.07 Å². The summed E-state index contributed by atoms with van der Waals surface area (Å²) in [5, 5.41) is 10.6. The summed E-state index contributed by atoms with van der Waals surface area (Å²) in [6, 6.07) is 7.59. The lowest BCUT2D eigenvalue weighted by atomic mass is 9.94. The number of hydrogen-bond acceptors (Lipinski definition) is 6. The number of halogens is 1. The molecule has 1 N–H and O–H groups in total. The van der Waals surface area contributed by atoms with E-state index in [0.717, 1.165) is 18.5 Å². The van der Waals surface area contributed by atoms with Crippen molar-refractivity contribution in [3.05, 3.63) is 53.9 Å². The molecule has 8 nitrogen and oxygen atoms in total. The quantitative estimate of drug-likeness (QED) is 0.757. The van der Waals surface area contributed by atoms with E-state index < -0.39 is 0 Å². The summed E-state index contributed by atoms with van der Waals surface area (Å²) >= 11 is 0. The van der Waals surface area contributed by atoms with Gasteiger partial charge in [-0.1, -0.05) is 16.4 Å². The van der Waals surface area contributed by atoms with Crippen LogP contribution in [0.5, 0.6) is 0 Å². The van der Waals surface area contributed by atoms with Gasteiger partial charge in [0.05, 0.1) is 12.2 Å². The minimum atomic E-state index is -0.380. The first-order valence-corrected chi connectivity index (χ1v) is 8.70. The average molecular weight is 371 g/mol. The van der Waals surface area contributed by atoms with Crippen LogP contribution in [0.4, 0.5) is 9.18 Å². The number of carbonyl (C=O) groups excluding carboxylic acids is 1. The van der Waals surface area contributed by atoms with Gasteiger partial charge in [-0.25, -0.2) is 9.18 Å². The van der Waals surface area contributed by atoms with E-state index in [0.29, 0.717) is 30.4 Å². The molecular formula is C18H18FN5O3. The lowest BCUT2D eigenvalue weighted by molar-refractivity contribution is 0.179. The van der Waals surface area contributed by atoms with Crippen molar-refractivity contribution in [1.29, 1.82) is 0 Å². The molecule has 0 unspecified atom stereocenters. The van der Waals surface area contributed by atoms with E-state index in [-0.39, 0.29) is 24.3 Å². The van der Waals surface area contributed by atoms with Gasteiger partial charge in [-0.2, -0.15) is 4.98 Å². The van der Waals surface area contributed by atoms with Gasteiger partial charge in [-0.05, 0) is 31.0 Å². The zero-order chi connectivity index (χ0) is 18.6. The first kappa shape index (κ1) is 17.2. The Morgan fingerprint density at radius 2 is 2.11 bits per heavy atom. The number of urea groups is 1. The van der Waals surface area contributed by atoms with Gasteiger partial charge in [0.2, 0.25) is 0 Å². The molecule has 0 atom stereocenters. The van der Waals surface area contributed by atoms with Crippen molar-refractivity contribution in [2.45, 2.75) is 25.3 Å². The van der Waals surface area contributed by atoms with Crippen molar-refractivity contribution >= 4 is 6.03 Å². The van der Waals surface area contributed by atoms with Crippen LogP contribution in [-0.2, 0) is 6.54 Å². The molecule has 1 aliphatic rings. The number of hydrogen-bond donors (Lipinski definition) is 1. The molecule has 1 aromatic carbocycles. The summed E-state index contributed by atoms with van der Waals surface area (Å²) in [5.74, 6) is 0.487. The average Bonchev–Trinajstić information content (AvgIpc) is 3.38. The van der Waals surface area contributed by atoms with Crippen LogP contribution >= 0.6 is 0 Å². The second-order valence-electron chi connectivity index (χ2n) is 6.37. The number of nitrogens with zero attached hydrogens (tertiary/aromatic N) is 4. The molecule has 0 saturated carbocycles. The molecule has 1 saturated heterocycles. The van der Waals surface area contributed by atoms with Gasteiger partial charge < -0.3 is 19.3 Å². The van der Waals surface area contributed by atoms with Crippen LogP contribution in [0.1, 0.15) is 30.3 Å². The van der Waals surface area contributed by atoms with Gasteiger partial charge in [0, 0.05) is 30.6 Å². The fraction of sp³-hybridized carbons (Fsp3) is 0.333. The molecule has 0 bridgehead atoms. The molecule has 3 heterocycles. The van der Waals surface area contributed by atoms with Crippen molar-refractivity contribution in [3.8, 4) is 11.5 Å². The van der Waals surface area contributed by atoms with Gasteiger partial charge in [0.25, 0.3) is 5.89 Å². The SMILES string of the molecule is O=C(NCc1noc(-c2cccc(F)c2)n1)N1CCC(c2ccon2)CC1. The van der Waals surface area contributed by atoms with Gasteiger partial charge in [0.15, 0.2) is 5.82 Å². The Labute approximate surface area is 154 Å². The normalized spacial score (nSPS) is 15.1. The van der Waals surface area contributed by atoms with E-state index in [9.17, 15) is 9.18 Å². The third kappa shape index (κ3) is 3.97. The highest BCUT2D eigenvalue weighted by Crippen LogP contribution is 2.26. The summed E-state index contributed by atoms with van der Waals surface area (Å²) in [4.78, 5) is 18.3. The fourth-order valence-corrected chi connectivity index (χ4v) is 3.14. The standard InChI is InChI=1S/C18H18FN5O3/c19-14-3-1-2-13(10-14)17-21-16(23-27-17)11-20-18(25)24-7-4-12(5-8-24)15-6-9-26-22-15/h1-3,6,9-10,12H,4-5,7-8,11H2,(H,20,25). The first-order chi connectivity index (χ1) is 13.2. The van der Waals surface area contributed by atoms with Crippen LogP contribution in [0.3, 0.4) is 0 Å². The van der Waals surface area contributed by atoms with Crippen LogP contribution in [0, 0.1) is 5.82 Å². The summed E-state index contributed by atoms with van der Waals surface area (Å²) in [7, 11) is 0. The van der Waals surface area contributed by atoms with Crippen molar-refractivity contribution in [2.75, 3.05) is 13.1 Å². The molecule has 2 amide bonds. The van der Waals surface area contributed by atoms with Crippen molar-refractivity contribution in [1.82, 2.24) is 25.5 Å². The minimum absolute atomic E-state index is 0.140. The molecule has 0 radical (unpaired) electrons. The first-order valence-electron chi connectivity index (χ1n) is 8.70. The number of rotatable bonds is 4. The Bertz CT molecular complexity index is 903. The molecule has 3 aromatic rings. The second-order valence-corrected chi connectivity index (χ2v) is 6.37. The molecule has 2 aromatic heterocycles. The number of carbonyl (C=O) groups is 1. The smallest absolute Gasteiger partial charge is 0.317 e. The van der Waals surface area contributed by atoms with Crippen LogP contribution in [0.15, 0.2) is 45.6 Å². The zero-order valence-corrected chi connectivity index (χ0v) is 14.5. The van der Waals surface area contributed by atoms with Gasteiger partial charge in [-0.15, -0.1) is 0 Å². The highest BCUT2D eigenvalue weighted by molar-refractivity contribution is 5.74. The number of piperidine rings is 1. The predicted molar refractivity (Wildman–Crippen MR) is 92.0 cm³/mol. The molecule has 1 aliphatic heterocycles. The maximum Gasteiger partial charge on any atom is 0.317 e. The van der Waals surface area contributed by atoms with Crippen molar-refractivity contribution in [3.63, 3.8) is 0 Å². The third-order valence-corrected chi connectivity index (χ3v) is 4.60. The Morgan fingerprint density at radius 3 is 2.85 bits per heavy atom. The van der Waals surface area contributed by atoms with E-state index in [1.165, 1.54) is 12.1 Å². The molecule has 0 aliphatic carbocycles. The number of benzene rings is 1. The van der Waals surface area contributed by atoms with Crippen LogP contribution < -0.4 is 5.32 Å². The lowest BCUT2D eigenvalue weighted by Gasteiger charge is -2.30. The van der Waals surface area contributed by atoms with Gasteiger partial charge in [0.1, 0.15) is 12.1 Å². The van der Waals surface area contributed by atoms with Crippen molar-refractivity contribution in [2.24, 2.45) is 0 Å². The number of amides is 2. The lowest BCUT2D eigenvalue weighted by Crippen LogP contribution is -2.44. The van der Waals surface area contributed by atoms with E-state index >= 15 is 0 Å².